The standard InChI is InChI=1S/C14H12FNO4/c1-9-4-11(17)7-12(5-9)20-8-10-2-3-14(16(18)19)13(15)6-10/h2-7,17H,8H2,1H3. The van der Waals surface area contributed by atoms with Crippen LogP contribution in [0.25, 0.3) is 0 Å². The molecule has 2 rings (SSSR count). The van der Waals surface area contributed by atoms with Crippen molar-refractivity contribution in [3.8, 4) is 11.5 Å². The number of nitro benzene ring substituents is 1. The van der Waals surface area contributed by atoms with E-state index < -0.39 is 16.4 Å². The quantitative estimate of drug-likeness (QED) is 0.687. The number of halogens is 1. The summed E-state index contributed by atoms with van der Waals surface area (Å²) in [7, 11) is 0. The van der Waals surface area contributed by atoms with Crippen molar-refractivity contribution in [2.45, 2.75) is 13.5 Å². The van der Waals surface area contributed by atoms with Gasteiger partial charge in [0, 0.05) is 12.1 Å². The number of aryl methyl sites for hydroxylation is 1. The summed E-state index contributed by atoms with van der Waals surface area (Å²) < 4.78 is 18.8. The molecule has 2 aromatic carbocycles. The van der Waals surface area contributed by atoms with Gasteiger partial charge in [0.05, 0.1) is 4.92 Å². The van der Waals surface area contributed by atoms with E-state index in [9.17, 15) is 19.6 Å². The lowest BCUT2D eigenvalue weighted by molar-refractivity contribution is -0.387. The molecule has 0 heterocycles. The fraction of sp³-hybridized carbons (Fsp3) is 0.143. The Balaban J connectivity index is 2.11. The third kappa shape index (κ3) is 3.23. The van der Waals surface area contributed by atoms with Gasteiger partial charge in [0.2, 0.25) is 5.82 Å². The summed E-state index contributed by atoms with van der Waals surface area (Å²) in [6.45, 7) is 1.86. The Morgan fingerprint density at radius 1 is 1.30 bits per heavy atom. The number of nitro groups is 1. The van der Waals surface area contributed by atoms with Crippen molar-refractivity contribution in [2.24, 2.45) is 0 Å². The first-order valence-electron chi connectivity index (χ1n) is 5.82. The highest BCUT2D eigenvalue weighted by Gasteiger charge is 2.13. The van der Waals surface area contributed by atoms with E-state index in [1.807, 2.05) is 0 Å². The predicted octanol–water partition coefficient (Wildman–Crippen LogP) is 3.33. The lowest BCUT2D eigenvalue weighted by Gasteiger charge is -2.08. The van der Waals surface area contributed by atoms with Gasteiger partial charge in [-0.3, -0.25) is 10.1 Å². The molecule has 0 spiro atoms. The van der Waals surface area contributed by atoms with Gasteiger partial charge in [-0.2, -0.15) is 4.39 Å². The van der Waals surface area contributed by atoms with Crippen molar-refractivity contribution in [2.75, 3.05) is 0 Å². The third-order valence-electron chi connectivity index (χ3n) is 2.65. The summed E-state index contributed by atoms with van der Waals surface area (Å²) in [4.78, 5) is 9.71. The van der Waals surface area contributed by atoms with Gasteiger partial charge in [0.1, 0.15) is 18.1 Å². The summed E-state index contributed by atoms with van der Waals surface area (Å²) in [5.41, 5.74) is 0.728. The molecule has 2 aromatic rings. The molecule has 0 unspecified atom stereocenters. The Morgan fingerprint density at radius 2 is 2.05 bits per heavy atom. The molecule has 0 saturated carbocycles. The molecule has 20 heavy (non-hydrogen) atoms. The van der Waals surface area contributed by atoms with Crippen LogP contribution in [0.15, 0.2) is 36.4 Å². The van der Waals surface area contributed by atoms with Crippen LogP contribution < -0.4 is 4.74 Å². The molecule has 0 aliphatic rings. The van der Waals surface area contributed by atoms with Crippen molar-refractivity contribution in [1.82, 2.24) is 0 Å². The number of hydrogen-bond donors (Lipinski definition) is 1. The van der Waals surface area contributed by atoms with Crippen LogP contribution in [-0.4, -0.2) is 10.0 Å². The highest BCUT2D eigenvalue weighted by molar-refractivity contribution is 5.38. The zero-order chi connectivity index (χ0) is 14.7. The Morgan fingerprint density at radius 3 is 2.65 bits per heavy atom. The second-order valence-electron chi connectivity index (χ2n) is 4.34. The molecular weight excluding hydrogens is 265 g/mol. The molecule has 0 atom stereocenters. The van der Waals surface area contributed by atoms with Gasteiger partial charge in [-0.1, -0.05) is 0 Å². The summed E-state index contributed by atoms with van der Waals surface area (Å²) in [6.07, 6.45) is 0. The highest BCUT2D eigenvalue weighted by Crippen LogP contribution is 2.23. The molecule has 6 heteroatoms. The summed E-state index contributed by atoms with van der Waals surface area (Å²) in [5, 5.41) is 19.9. The SMILES string of the molecule is Cc1cc(O)cc(OCc2ccc([N+](=O)[O-])c(F)c2)c1. The molecule has 0 radical (unpaired) electrons. The Hall–Kier alpha value is -2.63. The van der Waals surface area contributed by atoms with Gasteiger partial charge in [-0.05, 0) is 42.3 Å². The number of phenolic OH excluding ortho intramolecular Hbond substituents is 1. The number of aromatic hydroxyl groups is 1. The van der Waals surface area contributed by atoms with Crippen LogP contribution in [0, 0.1) is 22.9 Å². The molecule has 5 nitrogen and oxygen atoms in total. The van der Waals surface area contributed by atoms with Crippen molar-refractivity contribution in [3.63, 3.8) is 0 Å². The lowest BCUT2D eigenvalue weighted by Crippen LogP contribution is -1.98. The van der Waals surface area contributed by atoms with E-state index in [0.29, 0.717) is 11.3 Å². The van der Waals surface area contributed by atoms with Crippen molar-refractivity contribution in [1.29, 1.82) is 0 Å². The van der Waals surface area contributed by atoms with Gasteiger partial charge in [-0.15, -0.1) is 0 Å². The largest absolute Gasteiger partial charge is 0.508 e. The molecule has 0 aliphatic carbocycles. The fourth-order valence-corrected chi connectivity index (χ4v) is 1.77. The van der Waals surface area contributed by atoms with Gasteiger partial charge < -0.3 is 9.84 Å². The minimum absolute atomic E-state index is 0.0534. The molecule has 104 valence electrons. The maximum Gasteiger partial charge on any atom is 0.304 e. The van der Waals surface area contributed by atoms with E-state index in [-0.39, 0.29) is 12.4 Å². The van der Waals surface area contributed by atoms with Crippen LogP contribution in [0.4, 0.5) is 10.1 Å². The average molecular weight is 277 g/mol. The smallest absolute Gasteiger partial charge is 0.304 e. The number of rotatable bonds is 4. The van der Waals surface area contributed by atoms with Crippen LogP contribution in [0.3, 0.4) is 0 Å². The Labute approximate surface area is 114 Å². The lowest BCUT2D eigenvalue weighted by atomic mass is 10.2. The first-order chi connectivity index (χ1) is 9.45. The van der Waals surface area contributed by atoms with Crippen molar-refractivity contribution < 1.29 is 19.2 Å². The van der Waals surface area contributed by atoms with E-state index in [2.05, 4.69) is 0 Å². The van der Waals surface area contributed by atoms with Crippen LogP contribution in [0.2, 0.25) is 0 Å². The van der Waals surface area contributed by atoms with E-state index in [1.165, 1.54) is 12.1 Å². The molecule has 0 bridgehead atoms. The fourth-order valence-electron chi connectivity index (χ4n) is 1.77. The first-order valence-corrected chi connectivity index (χ1v) is 5.82. The monoisotopic (exact) mass is 277 g/mol. The first kappa shape index (κ1) is 13.8. The molecule has 0 fully saturated rings. The summed E-state index contributed by atoms with van der Waals surface area (Å²) in [6, 6.07) is 8.33. The number of benzene rings is 2. The third-order valence-corrected chi connectivity index (χ3v) is 2.65. The van der Waals surface area contributed by atoms with Crippen LogP contribution >= 0.6 is 0 Å². The molecular formula is C14H12FNO4. The van der Waals surface area contributed by atoms with E-state index in [0.717, 1.165) is 17.7 Å². The topological polar surface area (TPSA) is 72.6 Å². The summed E-state index contributed by atoms with van der Waals surface area (Å²) in [5.74, 6) is -0.376. The van der Waals surface area contributed by atoms with Gasteiger partial charge in [-0.25, -0.2) is 0 Å². The Bertz CT molecular complexity index is 637. The van der Waals surface area contributed by atoms with Crippen LogP contribution in [-0.2, 0) is 6.61 Å². The minimum Gasteiger partial charge on any atom is -0.508 e. The second kappa shape index (κ2) is 5.56. The molecule has 1 N–H and O–H groups in total. The highest BCUT2D eigenvalue weighted by atomic mass is 19.1. The number of ether oxygens (including phenoxy) is 1. The average Bonchev–Trinajstić information content (AvgIpc) is 2.35. The predicted molar refractivity (Wildman–Crippen MR) is 70.2 cm³/mol. The number of phenols is 1. The van der Waals surface area contributed by atoms with E-state index in [4.69, 9.17) is 4.74 Å². The maximum atomic E-state index is 13.4. The van der Waals surface area contributed by atoms with E-state index >= 15 is 0 Å². The van der Waals surface area contributed by atoms with E-state index in [1.54, 1.807) is 19.1 Å². The van der Waals surface area contributed by atoms with Gasteiger partial charge in [0.25, 0.3) is 0 Å². The van der Waals surface area contributed by atoms with Crippen molar-refractivity contribution in [3.05, 3.63) is 63.5 Å². The summed E-state index contributed by atoms with van der Waals surface area (Å²) >= 11 is 0. The zero-order valence-corrected chi connectivity index (χ0v) is 10.7. The van der Waals surface area contributed by atoms with Crippen LogP contribution in [0.5, 0.6) is 11.5 Å². The molecule has 0 amide bonds. The molecule has 0 aromatic heterocycles. The molecule has 0 saturated heterocycles. The number of hydrogen-bond acceptors (Lipinski definition) is 4. The Kier molecular flexibility index (Phi) is 3.84. The normalized spacial score (nSPS) is 10.3. The van der Waals surface area contributed by atoms with Crippen LogP contribution in [0.1, 0.15) is 11.1 Å². The van der Waals surface area contributed by atoms with Gasteiger partial charge in [0.15, 0.2) is 0 Å². The minimum atomic E-state index is -0.900. The number of nitrogens with zero attached hydrogens (tertiary/aromatic N) is 1. The molecule has 0 aliphatic heterocycles. The second-order valence-corrected chi connectivity index (χ2v) is 4.34. The van der Waals surface area contributed by atoms with Gasteiger partial charge >= 0.3 is 5.69 Å². The zero-order valence-electron chi connectivity index (χ0n) is 10.7. The maximum absolute atomic E-state index is 13.4. The van der Waals surface area contributed by atoms with Crippen molar-refractivity contribution >= 4 is 5.69 Å².